The first kappa shape index (κ1) is 14.5. The van der Waals surface area contributed by atoms with E-state index in [-0.39, 0.29) is 0 Å². The molecule has 0 radical (unpaired) electrons. The quantitative estimate of drug-likeness (QED) is 0.423. The zero-order valence-corrected chi connectivity index (χ0v) is 12.5. The molecular weight excluding hydrogens is 276 g/mol. The zero-order chi connectivity index (χ0) is 15.7. The molecule has 2 aromatic carbocycles. The van der Waals surface area contributed by atoms with Gasteiger partial charge in [0.05, 0.1) is 11.4 Å². The Balaban J connectivity index is 2.25. The van der Waals surface area contributed by atoms with E-state index in [1.54, 1.807) is 0 Å². The van der Waals surface area contributed by atoms with Gasteiger partial charge in [-0.25, -0.2) is 0 Å². The van der Waals surface area contributed by atoms with Crippen LogP contribution in [0.15, 0.2) is 36.4 Å². The highest BCUT2D eigenvalue weighted by atomic mass is 15.4. The smallest absolute Gasteiger partial charge is 0.163 e. The number of quaternary nitrogens is 1. The Morgan fingerprint density at radius 3 is 1.64 bits per heavy atom. The van der Waals surface area contributed by atoms with Crippen LogP contribution in [0.25, 0.3) is 0 Å². The third-order valence-electron chi connectivity index (χ3n) is 4.37. The van der Waals surface area contributed by atoms with Gasteiger partial charge in [-0.3, -0.25) is 4.48 Å². The lowest BCUT2D eigenvalue weighted by atomic mass is 10.1. The number of benzene rings is 2. The Morgan fingerprint density at radius 2 is 1.18 bits per heavy atom. The highest BCUT2D eigenvalue weighted by Crippen LogP contribution is 2.43. The molecule has 0 unspecified atom stereocenters. The standard InChI is InChI=1S/C16H23N6/c17-11-1-3-13(19)15(9-11)22(7-5-21-6-8-22)16-10-12(18)2-4-14(16)20/h1-4,9-10,21H,5-8,17-20H2/q+1. The number of nitrogens with one attached hydrogen (secondary N) is 1. The molecule has 6 heteroatoms. The van der Waals surface area contributed by atoms with Crippen LogP contribution in [0.1, 0.15) is 0 Å². The van der Waals surface area contributed by atoms with E-state index < -0.39 is 0 Å². The second-order valence-electron chi connectivity index (χ2n) is 5.80. The number of hydrogen-bond acceptors (Lipinski definition) is 5. The molecule has 1 heterocycles. The van der Waals surface area contributed by atoms with Crippen LogP contribution in [-0.4, -0.2) is 26.2 Å². The summed E-state index contributed by atoms with van der Waals surface area (Å²) >= 11 is 0. The van der Waals surface area contributed by atoms with Crippen LogP contribution in [0.5, 0.6) is 0 Å². The molecule has 116 valence electrons. The Morgan fingerprint density at radius 1 is 0.727 bits per heavy atom. The molecule has 6 nitrogen and oxygen atoms in total. The van der Waals surface area contributed by atoms with Gasteiger partial charge in [-0.15, -0.1) is 0 Å². The fourth-order valence-electron chi connectivity index (χ4n) is 3.25. The van der Waals surface area contributed by atoms with Crippen molar-refractivity contribution in [2.45, 2.75) is 0 Å². The summed E-state index contributed by atoms with van der Waals surface area (Å²) in [5.41, 5.74) is 29.3. The minimum atomic E-state index is 0.570. The van der Waals surface area contributed by atoms with Gasteiger partial charge in [0.15, 0.2) is 11.4 Å². The molecule has 2 aromatic rings. The van der Waals surface area contributed by atoms with Gasteiger partial charge in [-0.2, -0.15) is 0 Å². The van der Waals surface area contributed by atoms with Gasteiger partial charge in [0.1, 0.15) is 13.1 Å². The molecule has 0 bridgehead atoms. The second kappa shape index (κ2) is 5.40. The molecule has 0 amide bonds. The molecule has 0 aromatic heterocycles. The average Bonchev–Trinajstić information content (AvgIpc) is 2.53. The summed E-state index contributed by atoms with van der Waals surface area (Å²) < 4.78 is 0.570. The van der Waals surface area contributed by atoms with Gasteiger partial charge in [0.2, 0.25) is 0 Å². The number of hydrogen-bond donors (Lipinski definition) is 5. The van der Waals surface area contributed by atoms with E-state index in [4.69, 9.17) is 22.9 Å². The number of piperazine rings is 1. The Labute approximate surface area is 130 Å². The van der Waals surface area contributed by atoms with Crippen LogP contribution in [0.4, 0.5) is 34.1 Å². The predicted molar refractivity (Wildman–Crippen MR) is 94.6 cm³/mol. The molecule has 0 atom stereocenters. The van der Waals surface area contributed by atoms with Crippen molar-refractivity contribution in [3.8, 4) is 0 Å². The topological polar surface area (TPSA) is 116 Å². The van der Waals surface area contributed by atoms with Gasteiger partial charge in [-0.1, -0.05) is 0 Å². The van der Waals surface area contributed by atoms with E-state index in [1.807, 2.05) is 36.4 Å². The lowest BCUT2D eigenvalue weighted by Crippen LogP contribution is -2.57. The van der Waals surface area contributed by atoms with Crippen LogP contribution < -0.4 is 32.7 Å². The molecule has 1 aliphatic heterocycles. The van der Waals surface area contributed by atoms with Crippen LogP contribution in [0.3, 0.4) is 0 Å². The van der Waals surface area contributed by atoms with Crippen molar-refractivity contribution in [3.05, 3.63) is 36.4 Å². The van der Waals surface area contributed by atoms with E-state index in [1.165, 1.54) is 0 Å². The second-order valence-corrected chi connectivity index (χ2v) is 5.80. The van der Waals surface area contributed by atoms with E-state index in [0.29, 0.717) is 15.9 Å². The van der Waals surface area contributed by atoms with Crippen molar-refractivity contribution < 1.29 is 0 Å². The van der Waals surface area contributed by atoms with Crippen LogP contribution in [0, 0.1) is 0 Å². The maximum Gasteiger partial charge on any atom is 0.163 e. The summed E-state index contributed by atoms with van der Waals surface area (Å²) in [6, 6.07) is 11.2. The summed E-state index contributed by atoms with van der Waals surface area (Å²) in [5, 5.41) is 3.39. The highest BCUT2D eigenvalue weighted by Gasteiger charge is 2.38. The molecule has 9 N–H and O–H groups in total. The monoisotopic (exact) mass is 299 g/mol. The average molecular weight is 299 g/mol. The third kappa shape index (κ3) is 2.32. The van der Waals surface area contributed by atoms with E-state index in [0.717, 1.165) is 48.9 Å². The van der Waals surface area contributed by atoms with Crippen molar-refractivity contribution in [2.75, 3.05) is 49.1 Å². The Bertz CT molecular complexity index is 638. The zero-order valence-electron chi connectivity index (χ0n) is 12.5. The first-order chi connectivity index (χ1) is 10.5. The van der Waals surface area contributed by atoms with Crippen molar-refractivity contribution >= 4 is 34.1 Å². The van der Waals surface area contributed by atoms with Crippen LogP contribution in [0.2, 0.25) is 0 Å². The SMILES string of the molecule is Nc1ccc(N)c([N+]2(c3cc(N)ccc3N)CCNCC2)c1. The molecule has 3 rings (SSSR count). The van der Waals surface area contributed by atoms with Gasteiger partial charge in [0, 0.05) is 36.6 Å². The largest absolute Gasteiger partial charge is 0.399 e. The summed E-state index contributed by atoms with van der Waals surface area (Å²) in [7, 11) is 0. The normalized spacial score (nSPS) is 17.3. The Hall–Kier alpha value is -2.44. The molecule has 0 spiro atoms. The predicted octanol–water partition coefficient (Wildman–Crippen LogP) is 1.26. The molecular formula is C16H23N6+. The number of nitrogens with zero attached hydrogens (tertiary/aromatic N) is 1. The van der Waals surface area contributed by atoms with Crippen LogP contribution >= 0.6 is 0 Å². The van der Waals surface area contributed by atoms with Crippen molar-refractivity contribution in [3.63, 3.8) is 0 Å². The summed E-state index contributed by atoms with van der Waals surface area (Å²) in [6.45, 7) is 3.45. The molecule has 22 heavy (non-hydrogen) atoms. The minimum absolute atomic E-state index is 0.570. The summed E-state index contributed by atoms with van der Waals surface area (Å²) in [4.78, 5) is 0. The van der Waals surface area contributed by atoms with E-state index in [2.05, 4.69) is 5.32 Å². The number of anilines is 4. The van der Waals surface area contributed by atoms with E-state index >= 15 is 0 Å². The summed E-state index contributed by atoms with van der Waals surface area (Å²) in [6.07, 6.45) is 0. The first-order valence-electron chi connectivity index (χ1n) is 7.42. The van der Waals surface area contributed by atoms with Crippen LogP contribution in [-0.2, 0) is 0 Å². The summed E-state index contributed by atoms with van der Waals surface area (Å²) in [5.74, 6) is 0. The molecule has 1 aliphatic rings. The lowest BCUT2D eigenvalue weighted by molar-refractivity contribution is 0.332. The maximum atomic E-state index is 6.27. The fraction of sp³-hybridized carbons (Fsp3) is 0.250. The van der Waals surface area contributed by atoms with Crippen molar-refractivity contribution in [1.29, 1.82) is 0 Å². The Kier molecular flexibility index (Phi) is 3.56. The maximum absolute atomic E-state index is 6.27. The van der Waals surface area contributed by atoms with Crippen molar-refractivity contribution in [1.82, 2.24) is 9.80 Å². The first-order valence-corrected chi connectivity index (χ1v) is 7.42. The van der Waals surface area contributed by atoms with Crippen molar-refractivity contribution in [2.24, 2.45) is 0 Å². The molecule has 1 saturated heterocycles. The van der Waals surface area contributed by atoms with Gasteiger partial charge < -0.3 is 28.3 Å². The fourth-order valence-corrected chi connectivity index (χ4v) is 3.25. The highest BCUT2D eigenvalue weighted by molar-refractivity contribution is 5.81. The molecule has 0 saturated carbocycles. The molecule has 1 fully saturated rings. The number of nitrogen functional groups attached to an aromatic ring is 4. The third-order valence-corrected chi connectivity index (χ3v) is 4.37. The minimum Gasteiger partial charge on any atom is -0.399 e. The lowest BCUT2D eigenvalue weighted by Gasteiger charge is -2.42. The number of nitrogens with two attached hydrogens (primary N) is 4. The number of rotatable bonds is 2. The van der Waals surface area contributed by atoms with Gasteiger partial charge in [0.25, 0.3) is 0 Å². The van der Waals surface area contributed by atoms with Gasteiger partial charge in [-0.05, 0) is 24.3 Å². The van der Waals surface area contributed by atoms with Gasteiger partial charge >= 0.3 is 0 Å². The molecule has 0 aliphatic carbocycles. The van der Waals surface area contributed by atoms with E-state index in [9.17, 15) is 0 Å².